The van der Waals surface area contributed by atoms with Gasteiger partial charge < -0.3 is 0 Å². The third kappa shape index (κ3) is 4.68. The molecular formula is C18H23NO4S2. The van der Waals surface area contributed by atoms with E-state index >= 15 is 0 Å². The largest absolute Gasteiger partial charge is 0.240 e. The first-order chi connectivity index (χ1) is 11.8. The Balaban J connectivity index is 2.38. The topological polar surface area (TPSA) is 80.3 Å². The molecular weight excluding hydrogens is 358 g/mol. The maximum Gasteiger partial charge on any atom is 0.240 e. The van der Waals surface area contributed by atoms with Crippen LogP contribution in [0.4, 0.5) is 0 Å². The summed E-state index contributed by atoms with van der Waals surface area (Å²) in [6.45, 7) is 4.03. The monoisotopic (exact) mass is 381 g/mol. The summed E-state index contributed by atoms with van der Waals surface area (Å²) in [6, 6.07) is 12.2. The summed E-state index contributed by atoms with van der Waals surface area (Å²) in [5.74, 6) is 0. The number of rotatable bonds is 8. The molecule has 1 N–H and O–H groups in total. The third-order valence-electron chi connectivity index (χ3n) is 3.89. The first-order valence-electron chi connectivity index (χ1n) is 8.19. The zero-order valence-electron chi connectivity index (χ0n) is 14.4. The lowest BCUT2D eigenvalue weighted by Crippen LogP contribution is -2.25. The van der Waals surface area contributed by atoms with E-state index in [-0.39, 0.29) is 14.7 Å². The molecule has 0 radical (unpaired) electrons. The Kier molecular flexibility index (Phi) is 6.37. The molecule has 2 aromatic carbocycles. The smallest absolute Gasteiger partial charge is 0.219 e. The minimum Gasteiger partial charge on any atom is -0.219 e. The van der Waals surface area contributed by atoms with Gasteiger partial charge in [-0.2, -0.15) is 0 Å². The lowest BCUT2D eigenvalue weighted by atomic mass is 10.2. The predicted molar refractivity (Wildman–Crippen MR) is 97.8 cm³/mol. The number of aryl methyl sites for hydroxylation is 1. The van der Waals surface area contributed by atoms with Crippen molar-refractivity contribution in [1.82, 2.24) is 4.72 Å². The van der Waals surface area contributed by atoms with E-state index in [1.54, 1.807) is 25.1 Å². The van der Waals surface area contributed by atoms with Crippen LogP contribution in [-0.4, -0.2) is 23.4 Å². The highest BCUT2D eigenvalue weighted by Crippen LogP contribution is 2.25. The molecule has 0 atom stereocenters. The van der Waals surface area contributed by atoms with Crippen LogP contribution in [-0.2, 0) is 19.9 Å². The first-order valence-corrected chi connectivity index (χ1v) is 11.2. The normalized spacial score (nSPS) is 12.2. The first kappa shape index (κ1) is 19.6. The SMILES string of the molecule is CCCCCNS(=O)(=O)c1cc(S(=O)(=O)c2ccccc2)ccc1C. The molecule has 0 aromatic heterocycles. The molecule has 5 nitrogen and oxygen atoms in total. The van der Waals surface area contributed by atoms with Crippen molar-refractivity contribution in [3.05, 3.63) is 54.1 Å². The molecule has 0 fully saturated rings. The number of nitrogens with one attached hydrogen (secondary N) is 1. The van der Waals surface area contributed by atoms with Crippen LogP contribution in [0.5, 0.6) is 0 Å². The van der Waals surface area contributed by atoms with Crippen molar-refractivity contribution in [3.8, 4) is 0 Å². The zero-order valence-corrected chi connectivity index (χ0v) is 16.0. The highest BCUT2D eigenvalue weighted by Gasteiger charge is 2.22. The summed E-state index contributed by atoms with van der Waals surface area (Å²) in [6.07, 6.45) is 2.67. The van der Waals surface area contributed by atoms with Gasteiger partial charge in [0.05, 0.1) is 14.7 Å². The Morgan fingerprint density at radius 2 is 1.56 bits per heavy atom. The van der Waals surface area contributed by atoms with Gasteiger partial charge in [0.25, 0.3) is 0 Å². The van der Waals surface area contributed by atoms with E-state index in [2.05, 4.69) is 4.72 Å². The van der Waals surface area contributed by atoms with E-state index in [1.807, 2.05) is 6.92 Å². The van der Waals surface area contributed by atoms with Crippen molar-refractivity contribution in [1.29, 1.82) is 0 Å². The Morgan fingerprint density at radius 1 is 0.880 bits per heavy atom. The number of benzene rings is 2. The number of hydrogen-bond acceptors (Lipinski definition) is 4. The maximum atomic E-state index is 12.7. The minimum absolute atomic E-state index is 0.000930. The van der Waals surface area contributed by atoms with Crippen molar-refractivity contribution in [2.45, 2.75) is 47.8 Å². The van der Waals surface area contributed by atoms with E-state index in [4.69, 9.17) is 0 Å². The summed E-state index contributed by atoms with van der Waals surface area (Å²) in [5.41, 5.74) is 0.509. The molecule has 0 heterocycles. The van der Waals surface area contributed by atoms with Gasteiger partial charge in [-0.15, -0.1) is 0 Å². The molecule has 0 aliphatic rings. The zero-order chi connectivity index (χ0) is 18.5. The van der Waals surface area contributed by atoms with Crippen LogP contribution in [0.1, 0.15) is 31.7 Å². The second-order valence-electron chi connectivity index (χ2n) is 5.85. The Labute approximate surface area is 150 Å². The van der Waals surface area contributed by atoms with E-state index < -0.39 is 19.9 Å². The Bertz CT molecular complexity index is 921. The molecule has 2 aromatic rings. The van der Waals surface area contributed by atoms with Crippen LogP contribution in [0.25, 0.3) is 0 Å². The van der Waals surface area contributed by atoms with E-state index in [1.165, 1.54) is 30.3 Å². The fourth-order valence-electron chi connectivity index (χ4n) is 2.43. The van der Waals surface area contributed by atoms with E-state index in [0.29, 0.717) is 12.1 Å². The minimum atomic E-state index is -3.76. The lowest BCUT2D eigenvalue weighted by Gasteiger charge is -2.12. The molecule has 136 valence electrons. The molecule has 0 aliphatic heterocycles. The molecule has 0 aliphatic carbocycles. The van der Waals surface area contributed by atoms with Gasteiger partial charge in [-0.05, 0) is 43.2 Å². The Morgan fingerprint density at radius 3 is 2.20 bits per heavy atom. The second kappa shape index (κ2) is 8.12. The summed E-state index contributed by atoms with van der Waals surface area (Å²) in [4.78, 5) is 0.109. The van der Waals surface area contributed by atoms with Gasteiger partial charge in [-0.25, -0.2) is 21.6 Å². The standard InChI is InChI=1S/C18H23NO4S2/c1-3-4-8-13-19-25(22,23)18-14-17(12-11-15(18)2)24(20,21)16-9-6-5-7-10-16/h5-7,9-12,14,19H,3-4,8,13H2,1-2H3. The summed E-state index contributed by atoms with van der Waals surface area (Å²) >= 11 is 0. The molecule has 0 bridgehead atoms. The summed E-state index contributed by atoms with van der Waals surface area (Å²) in [7, 11) is -7.51. The fourth-order valence-corrected chi connectivity index (χ4v) is 5.16. The van der Waals surface area contributed by atoms with Crippen LogP contribution in [0.2, 0.25) is 0 Å². The van der Waals surface area contributed by atoms with Gasteiger partial charge in [0, 0.05) is 6.54 Å². The van der Waals surface area contributed by atoms with Crippen molar-refractivity contribution in [2.75, 3.05) is 6.54 Å². The predicted octanol–water partition coefficient (Wildman–Crippen LogP) is 3.30. The number of sulfone groups is 1. The molecule has 2 rings (SSSR count). The maximum absolute atomic E-state index is 12.7. The van der Waals surface area contributed by atoms with Crippen LogP contribution in [0.15, 0.2) is 63.2 Å². The van der Waals surface area contributed by atoms with Crippen molar-refractivity contribution in [3.63, 3.8) is 0 Å². The number of sulfonamides is 1. The summed E-state index contributed by atoms with van der Waals surface area (Å²) in [5, 5.41) is 0. The average molecular weight is 382 g/mol. The van der Waals surface area contributed by atoms with Gasteiger partial charge in [-0.3, -0.25) is 0 Å². The van der Waals surface area contributed by atoms with Crippen molar-refractivity contribution < 1.29 is 16.8 Å². The second-order valence-corrected chi connectivity index (χ2v) is 9.53. The molecule has 0 saturated carbocycles. The van der Waals surface area contributed by atoms with Crippen LogP contribution in [0, 0.1) is 6.92 Å². The molecule has 0 saturated heterocycles. The van der Waals surface area contributed by atoms with Gasteiger partial charge in [0.2, 0.25) is 19.9 Å². The average Bonchev–Trinajstić information content (AvgIpc) is 2.59. The summed E-state index contributed by atoms with van der Waals surface area (Å²) < 4.78 is 53.0. The van der Waals surface area contributed by atoms with Gasteiger partial charge in [-0.1, -0.05) is 44.0 Å². The van der Waals surface area contributed by atoms with Crippen molar-refractivity contribution in [2.24, 2.45) is 0 Å². The van der Waals surface area contributed by atoms with Crippen molar-refractivity contribution >= 4 is 19.9 Å². The van der Waals surface area contributed by atoms with Gasteiger partial charge in [0.1, 0.15) is 0 Å². The van der Waals surface area contributed by atoms with Crippen LogP contribution >= 0.6 is 0 Å². The highest BCUT2D eigenvalue weighted by molar-refractivity contribution is 7.91. The number of unbranched alkanes of at least 4 members (excludes halogenated alkanes) is 2. The molecule has 25 heavy (non-hydrogen) atoms. The lowest BCUT2D eigenvalue weighted by molar-refractivity contribution is 0.575. The van der Waals surface area contributed by atoms with Gasteiger partial charge in [0.15, 0.2) is 0 Å². The molecule has 0 amide bonds. The molecule has 0 spiro atoms. The molecule has 0 unspecified atom stereocenters. The van der Waals surface area contributed by atoms with E-state index in [0.717, 1.165) is 19.3 Å². The molecule has 7 heteroatoms. The third-order valence-corrected chi connectivity index (χ3v) is 7.26. The highest BCUT2D eigenvalue weighted by atomic mass is 32.2. The van der Waals surface area contributed by atoms with E-state index in [9.17, 15) is 16.8 Å². The number of hydrogen-bond donors (Lipinski definition) is 1. The van der Waals surface area contributed by atoms with Gasteiger partial charge >= 0.3 is 0 Å². The van der Waals surface area contributed by atoms with Crippen LogP contribution in [0.3, 0.4) is 0 Å². The fraction of sp³-hybridized carbons (Fsp3) is 0.333. The quantitative estimate of drug-likeness (QED) is 0.712. The Hall–Kier alpha value is -1.70. The van der Waals surface area contributed by atoms with Crippen LogP contribution < -0.4 is 4.72 Å².